The van der Waals surface area contributed by atoms with E-state index in [9.17, 15) is 0 Å². The van der Waals surface area contributed by atoms with Crippen LogP contribution in [0.1, 0.15) is 27.8 Å². The lowest BCUT2D eigenvalue weighted by molar-refractivity contribution is 0.308. The van der Waals surface area contributed by atoms with Gasteiger partial charge >= 0.3 is 0 Å². The van der Waals surface area contributed by atoms with Gasteiger partial charge in [0, 0.05) is 29.3 Å². The summed E-state index contributed by atoms with van der Waals surface area (Å²) in [6.45, 7) is 5.10. The predicted molar refractivity (Wildman–Crippen MR) is 72.6 cm³/mol. The van der Waals surface area contributed by atoms with Crippen molar-refractivity contribution in [3.8, 4) is 0 Å². The number of hydrogen-bond acceptors (Lipinski definition) is 4. The van der Waals surface area contributed by atoms with Gasteiger partial charge in [-0.25, -0.2) is 0 Å². The van der Waals surface area contributed by atoms with Gasteiger partial charge in [0.05, 0.1) is 6.54 Å². The number of thiophene rings is 1. The van der Waals surface area contributed by atoms with Crippen LogP contribution < -0.4 is 0 Å². The molecule has 0 N–H and O–H groups in total. The molecule has 96 valence electrons. The fraction of sp³-hybridized carbons (Fsp3) is 0.538. The Morgan fingerprint density at radius 3 is 3.00 bits per heavy atom. The molecule has 0 aromatic carbocycles. The smallest absolute Gasteiger partial charge is 0.147 e. The summed E-state index contributed by atoms with van der Waals surface area (Å²) >= 11 is 1.87. The van der Waals surface area contributed by atoms with Crippen LogP contribution in [0.25, 0.3) is 0 Å². The summed E-state index contributed by atoms with van der Waals surface area (Å²) in [6.07, 6.45) is 2.30. The Morgan fingerprint density at radius 2 is 2.22 bits per heavy atom. The molecule has 0 aliphatic carbocycles. The zero-order valence-corrected chi connectivity index (χ0v) is 11.7. The van der Waals surface area contributed by atoms with Crippen molar-refractivity contribution in [2.75, 3.05) is 7.05 Å². The van der Waals surface area contributed by atoms with Crippen molar-refractivity contribution >= 4 is 11.3 Å². The Hall–Kier alpha value is -1.20. The third-order valence-corrected chi connectivity index (χ3v) is 4.30. The molecule has 4 nitrogen and oxygen atoms in total. The molecule has 3 heterocycles. The Bertz CT molecular complexity index is 543. The van der Waals surface area contributed by atoms with Crippen LogP contribution in [0.15, 0.2) is 12.1 Å². The third kappa shape index (κ3) is 2.33. The van der Waals surface area contributed by atoms with Crippen LogP contribution >= 0.6 is 11.3 Å². The second-order valence-corrected chi connectivity index (χ2v) is 6.34. The average molecular weight is 262 g/mol. The minimum Gasteiger partial charge on any atom is -0.314 e. The first-order valence-corrected chi connectivity index (χ1v) is 7.19. The molecule has 0 unspecified atom stereocenters. The van der Waals surface area contributed by atoms with E-state index in [1.54, 1.807) is 0 Å². The summed E-state index contributed by atoms with van der Waals surface area (Å²) in [6, 6.07) is 4.40. The zero-order chi connectivity index (χ0) is 12.5. The van der Waals surface area contributed by atoms with E-state index in [0.717, 1.165) is 37.7 Å². The quantitative estimate of drug-likeness (QED) is 0.847. The maximum Gasteiger partial charge on any atom is 0.147 e. The second kappa shape index (κ2) is 4.82. The fourth-order valence-electron chi connectivity index (χ4n) is 2.46. The van der Waals surface area contributed by atoms with Crippen molar-refractivity contribution in [2.24, 2.45) is 0 Å². The SMILES string of the molecule is Cc1ccc(CN(C)Cc2nnc3n2CCC3)s1. The lowest BCUT2D eigenvalue weighted by atomic mass is 10.4. The van der Waals surface area contributed by atoms with Crippen molar-refractivity contribution in [2.45, 2.75) is 39.4 Å². The molecule has 2 aromatic heterocycles. The first-order valence-electron chi connectivity index (χ1n) is 6.37. The maximum atomic E-state index is 4.30. The Morgan fingerprint density at radius 1 is 1.33 bits per heavy atom. The normalized spacial score (nSPS) is 14.4. The van der Waals surface area contributed by atoms with Gasteiger partial charge in [0.15, 0.2) is 0 Å². The van der Waals surface area contributed by atoms with Crippen molar-refractivity contribution in [1.82, 2.24) is 19.7 Å². The minimum atomic E-state index is 0.879. The monoisotopic (exact) mass is 262 g/mol. The first kappa shape index (κ1) is 11.9. The summed E-state index contributed by atoms with van der Waals surface area (Å²) in [5.41, 5.74) is 0. The van der Waals surface area contributed by atoms with E-state index in [0.29, 0.717) is 0 Å². The Labute approximate surface area is 111 Å². The molecule has 0 atom stereocenters. The van der Waals surface area contributed by atoms with E-state index in [1.165, 1.54) is 16.2 Å². The topological polar surface area (TPSA) is 34.0 Å². The standard InChI is InChI=1S/C13H18N4S/c1-10-5-6-11(18-10)8-16(2)9-13-15-14-12-4-3-7-17(12)13/h5-6H,3-4,7-9H2,1-2H3. The van der Waals surface area contributed by atoms with E-state index < -0.39 is 0 Å². The van der Waals surface area contributed by atoms with Gasteiger partial charge in [0.25, 0.3) is 0 Å². The molecule has 0 spiro atoms. The molecule has 1 aliphatic heterocycles. The van der Waals surface area contributed by atoms with Crippen LogP contribution in [0.3, 0.4) is 0 Å². The van der Waals surface area contributed by atoms with Crippen LogP contribution in [-0.4, -0.2) is 26.7 Å². The van der Waals surface area contributed by atoms with Crippen LogP contribution in [0.5, 0.6) is 0 Å². The molecule has 1 aliphatic rings. The summed E-state index contributed by atoms with van der Waals surface area (Å²) in [7, 11) is 2.14. The molecule has 18 heavy (non-hydrogen) atoms. The number of rotatable bonds is 4. The van der Waals surface area contributed by atoms with Gasteiger partial charge in [-0.3, -0.25) is 4.90 Å². The fourth-order valence-corrected chi connectivity index (χ4v) is 3.43. The summed E-state index contributed by atoms with van der Waals surface area (Å²) in [5, 5.41) is 8.55. The highest BCUT2D eigenvalue weighted by Gasteiger charge is 2.18. The highest BCUT2D eigenvalue weighted by molar-refractivity contribution is 7.11. The van der Waals surface area contributed by atoms with E-state index in [4.69, 9.17) is 0 Å². The van der Waals surface area contributed by atoms with Gasteiger partial charge in [0.1, 0.15) is 11.6 Å². The van der Waals surface area contributed by atoms with Gasteiger partial charge in [-0.1, -0.05) is 0 Å². The highest BCUT2D eigenvalue weighted by atomic mass is 32.1. The van der Waals surface area contributed by atoms with Crippen LogP contribution in [0, 0.1) is 6.92 Å². The molecule has 0 amide bonds. The number of aromatic nitrogens is 3. The Kier molecular flexibility index (Phi) is 3.18. The lowest BCUT2D eigenvalue weighted by Crippen LogP contribution is -2.19. The second-order valence-electron chi connectivity index (χ2n) is 4.97. The van der Waals surface area contributed by atoms with E-state index in [1.807, 2.05) is 11.3 Å². The van der Waals surface area contributed by atoms with Gasteiger partial charge < -0.3 is 4.57 Å². The molecule has 0 saturated heterocycles. The molecule has 0 radical (unpaired) electrons. The first-order chi connectivity index (χ1) is 8.72. The van der Waals surface area contributed by atoms with E-state index in [2.05, 4.69) is 45.8 Å². The molecular weight excluding hydrogens is 244 g/mol. The number of aryl methyl sites for hydroxylation is 2. The molecule has 5 heteroatoms. The minimum absolute atomic E-state index is 0.879. The zero-order valence-electron chi connectivity index (χ0n) is 10.9. The van der Waals surface area contributed by atoms with Crippen molar-refractivity contribution in [1.29, 1.82) is 0 Å². The maximum absolute atomic E-state index is 4.30. The summed E-state index contributed by atoms with van der Waals surface area (Å²) in [5.74, 6) is 2.27. The van der Waals surface area contributed by atoms with Crippen molar-refractivity contribution in [3.63, 3.8) is 0 Å². The molecular formula is C13H18N4S. The van der Waals surface area contributed by atoms with Crippen molar-refractivity contribution < 1.29 is 0 Å². The van der Waals surface area contributed by atoms with E-state index in [-0.39, 0.29) is 0 Å². The molecule has 2 aromatic rings. The average Bonchev–Trinajstić information content (AvgIpc) is 2.98. The van der Waals surface area contributed by atoms with Crippen LogP contribution in [0.4, 0.5) is 0 Å². The Balaban J connectivity index is 1.65. The summed E-state index contributed by atoms with van der Waals surface area (Å²) in [4.78, 5) is 5.10. The van der Waals surface area contributed by atoms with Gasteiger partial charge in [-0.15, -0.1) is 21.5 Å². The third-order valence-electron chi connectivity index (χ3n) is 3.32. The number of nitrogens with zero attached hydrogens (tertiary/aromatic N) is 4. The van der Waals surface area contributed by atoms with Gasteiger partial charge in [-0.2, -0.15) is 0 Å². The number of fused-ring (bicyclic) bond motifs is 1. The molecule has 3 rings (SSSR count). The largest absolute Gasteiger partial charge is 0.314 e. The highest BCUT2D eigenvalue weighted by Crippen LogP contribution is 2.19. The molecule has 0 bridgehead atoms. The van der Waals surface area contributed by atoms with Crippen LogP contribution in [-0.2, 0) is 26.1 Å². The molecule has 0 saturated carbocycles. The van der Waals surface area contributed by atoms with Gasteiger partial charge in [-0.05, 0) is 32.5 Å². The number of hydrogen-bond donors (Lipinski definition) is 0. The molecule has 0 fully saturated rings. The van der Waals surface area contributed by atoms with Crippen LogP contribution in [0.2, 0.25) is 0 Å². The summed E-state index contributed by atoms with van der Waals surface area (Å²) < 4.78 is 2.27. The van der Waals surface area contributed by atoms with E-state index >= 15 is 0 Å². The van der Waals surface area contributed by atoms with Gasteiger partial charge in [0.2, 0.25) is 0 Å². The van der Waals surface area contributed by atoms with Crippen molar-refractivity contribution in [3.05, 3.63) is 33.5 Å². The lowest BCUT2D eigenvalue weighted by Gasteiger charge is -2.15. The predicted octanol–water partition coefficient (Wildman–Crippen LogP) is 2.23.